The van der Waals surface area contributed by atoms with Gasteiger partial charge in [0.15, 0.2) is 0 Å². The Kier molecular flexibility index (Phi) is 8.65. The van der Waals surface area contributed by atoms with Gasteiger partial charge in [-0.3, -0.25) is 4.99 Å². The molecule has 1 saturated carbocycles. The minimum atomic E-state index is 0.170. The first-order chi connectivity index (χ1) is 13.5. The predicted molar refractivity (Wildman–Crippen MR) is 118 cm³/mol. The number of benzene rings is 1. The molecular weight excluding hydrogens is 346 g/mol. The Morgan fingerprint density at radius 3 is 2.43 bits per heavy atom. The van der Waals surface area contributed by atoms with Gasteiger partial charge in [0.1, 0.15) is 5.76 Å². The summed E-state index contributed by atoms with van der Waals surface area (Å²) in [6, 6.07) is 8.64. The molecule has 28 heavy (non-hydrogen) atoms. The van der Waals surface area contributed by atoms with Crippen molar-refractivity contribution in [2.24, 2.45) is 10.9 Å². The van der Waals surface area contributed by atoms with Crippen molar-refractivity contribution in [3.63, 3.8) is 0 Å². The Morgan fingerprint density at radius 1 is 1.29 bits per heavy atom. The molecule has 1 aliphatic carbocycles. The Morgan fingerprint density at radius 2 is 1.96 bits per heavy atom. The van der Waals surface area contributed by atoms with Crippen LogP contribution in [-0.4, -0.2) is 17.9 Å². The van der Waals surface area contributed by atoms with Gasteiger partial charge < -0.3 is 9.84 Å². The third-order valence-electron chi connectivity index (χ3n) is 5.62. The molecule has 1 atom stereocenters. The van der Waals surface area contributed by atoms with Crippen LogP contribution in [0.15, 0.2) is 46.6 Å². The summed E-state index contributed by atoms with van der Waals surface area (Å²) in [5.41, 5.74) is 5.94. The van der Waals surface area contributed by atoms with Crippen molar-refractivity contribution in [3.8, 4) is 0 Å². The van der Waals surface area contributed by atoms with Crippen molar-refractivity contribution >= 4 is 5.71 Å². The van der Waals surface area contributed by atoms with E-state index in [4.69, 9.17) is 4.52 Å². The second-order valence-electron chi connectivity index (χ2n) is 7.72. The molecule has 152 valence electrons. The van der Waals surface area contributed by atoms with Gasteiger partial charge in [0.05, 0.1) is 11.7 Å². The summed E-state index contributed by atoms with van der Waals surface area (Å²) in [5, 5.41) is 7.21. The maximum Gasteiger partial charge on any atom is 0.137 e. The normalized spacial score (nSPS) is 15.4. The molecule has 4 nitrogen and oxygen atoms in total. The molecule has 4 heteroatoms. The van der Waals surface area contributed by atoms with Crippen LogP contribution in [0.5, 0.6) is 0 Å². The van der Waals surface area contributed by atoms with Gasteiger partial charge in [0, 0.05) is 17.5 Å². The van der Waals surface area contributed by atoms with E-state index in [1.165, 1.54) is 42.4 Å². The topological polar surface area (TPSA) is 50.4 Å². The number of rotatable bonds is 7. The van der Waals surface area contributed by atoms with E-state index in [0.717, 1.165) is 29.5 Å². The van der Waals surface area contributed by atoms with Gasteiger partial charge in [-0.2, -0.15) is 0 Å². The van der Waals surface area contributed by atoms with E-state index in [-0.39, 0.29) is 6.04 Å². The fourth-order valence-corrected chi connectivity index (χ4v) is 3.58. The maximum atomic E-state index is 5.13. The SMILES string of the molecule is C=CN=C(C)C(NC)c1ccc(C)cc1.Cc1noc(C)c1CCC1CCC1. The summed E-state index contributed by atoms with van der Waals surface area (Å²) < 4.78 is 5.13. The standard InChI is InChI=1S/C13H18N2.C11H17NO/c1-5-15-11(3)13(14-4)12-8-6-10(2)7-9-12;1-8-11(9(2)13-12-8)7-6-10-4-3-5-10/h5-9,13-14H,1H2,2-4H3;10H,3-7H2,1-2H3. The molecule has 0 spiro atoms. The van der Waals surface area contributed by atoms with Crippen molar-refractivity contribution in [3.05, 3.63) is 65.2 Å². The molecule has 2 aromatic rings. The molecule has 0 amide bonds. The van der Waals surface area contributed by atoms with Crippen LogP contribution < -0.4 is 5.32 Å². The Balaban J connectivity index is 0.000000202. The summed E-state index contributed by atoms with van der Waals surface area (Å²) in [6.45, 7) is 11.7. The van der Waals surface area contributed by atoms with E-state index in [2.05, 4.69) is 53.2 Å². The van der Waals surface area contributed by atoms with Crippen molar-refractivity contribution in [2.45, 2.75) is 65.8 Å². The van der Waals surface area contributed by atoms with Crippen molar-refractivity contribution in [1.29, 1.82) is 0 Å². The summed E-state index contributed by atoms with van der Waals surface area (Å²) in [4.78, 5) is 4.21. The van der Waals surface area contributed by atoms with Crippen LogP contribution in [0.1, 0.15) is 66.8 Å². The number of aromatic nitrogens is 1. The van der Waals surface area contributed by atoms with E-state index in [1.807, 2.05) is 27.8 Å². The van der Waals surface area contributed by atoms with Crippen LogP contribution >= 0.6 is 0 Å². The van der Waals surface area contributed by atoms with E-state index < -0.39 is 0 Å². The molecule has 1 fully saturated rings. The van der Waals surface area contributed by atoms with Gasteiger partial charge in [-0.25, -0.2) is 0 Å². The van der Waals surface area contributed by atoms with Crippen LogP contribution in [0.4, 0.5) is 0 Å². The Hall–Kier alpha value is -2.20. The average molecular weight is 382 g/mol. The highest BCUT2D eigenvalue weighted by molar-refractivity contribution is 5.88. The molecule has 1 unspecified atom stereocenters. The molecule has 1 heterocycles. The molecule has 0 radical (unpaired) electrons. The molecular formula is C24H35N3O. The van der Waals surface area contributed by atoms with Gasteiger partial charge in [-0.05, 0) is 59.1 Å². The number of nitrogens with one attached hydrogen (secondary N) is 1. The van der Waals surface area contributed by atoms with Crippen molar-refractivity contribution in [2.75, 3.05) is 7.05 Å². The molecule has 0 saturated heterocycles. The van der Waals surface area contributed by atoms with Crippen LogP contribution in [0.3, 0.4) is 0 Å². The van der Waals surface area contributed by atoms with E-state index in [9.17, 15) is 0 Å². The first-order valence-corrected chi connectivity index (χ1v) is 10.3. The number of aryl methyl sites for hydroxylation is 3. The lowest BCUT2D eigenvalue weighted by Crippen LogP contribution is -2.23. The number of aliphatic imine (C=N–C) groups is 1. The van der Waals surface area contributed by atoms with Crippen LogP contribution in [0, 0.1) is 26.7 Å². The third kappa shape index (κ3) is 6.16. The lowest BCUT2D eigenvalue weighted by Gasteiger charge is -2.24. The Bertz CT molecular complexity index is 750. The fraction of sp³-hybridized carbons (Fsp3) is 0.500. The zero-order valence-electron chi connectivity index (χ0n) is 18.1. The summed E-state index contributed by atoms with van der Waals surface area (Å²) in [7, 11) is 1.94. The number of hydrogen-bond acceptors (Lipinski definition) is 4. The van der Waals surface area contributed by atoms with Gasteiger partial charge >= 0.3 is 0 Å². The number of nitrogens with zero attached hydrogens (tertiary/aromatic N) is 2. The van der Waals surface area contributed by atoms with Crippen LogP contribution in [0.25, 0.3) is 0 Å². The van der Waals surface area contributed by atoms with Gasteiger partial charge in [-0.1, -0.05) is 60.8 Å². The first kappa shape index (κ1) is 22.1. The van der Waals surface area contributed by atoms with E-state index in [1.54, 1.807) is 6.20 Å². The fourth-order valence-electron chi connectivity index (χ4n) is 3.58. The monoisotopic (exact) mass is 381 g/mol. The smallest absolute Gasteiger partial charge is 0.137 e. The predicted octanol–water partition coefficient (Wildman–Crippen LogP) is 5.88. The van der Waals surface area contributed by atoms with Gasteiger partial charge in [-0.15, -0.1) is 0 Å². The lowest BCUT2D eigenvalue weighted by molar-refractivity contribution is 0.295. The highest BCUT2D eigenvalue weighted by Gasteiger charge is 2.18. The second kappa shape index (κ2) is 11.0. The molecule has 0 aliphatic heterocycles. The highest BCUT2D eigenvalue weighted by Crippen LogP contribution is 2.31. The van der Waals surface area contributed by atoms with Crippen molar-refractivity contribution in [1.82, 2.24) is 10.5 Å². The largest absolute Gasteiger partial charge is 0.361 e. The minimum absolute atomic E-state index is 0.170. The minimum Gasteiger partial charge on any atom is -0.361 e. The Labute approximate surface area is 170 Å². The zero-order valence-corrected chi connectivity index (χ0v) is 18.1. The van der Waals surface area contributed by atoms with E-state index >= 15 is 0 Å². The average Bonchev–Trinajstić information content (AvgIpc) is 2.95. The number of hydrogen-bond donors (Lipinski definition) is 1. The molecule has 1 aliphatic rings. The summed E-state index contributed by atoms with van der Waals surface area (Å²) in [5.74, 6) is 1.99. The zero-order chi connectivity index (χ0) is 20.5. The second-order valence-corrected chi connectivity index (χ2v) is 7.72. The van der Waals surface area contributed by atoms with Crippen LogP contribution in [-0.2, 0) is 6.42 Å². The molecule has 1 aromatic carbocycles. The molecule has 0 bridgehead atoms. The van der Waals surface area contributed by atoms with Crippen molar-refractivity contribution < 1.29 is 4.52 Å². The molecule has 1 aromatic heterocycles. The molecule has 3 rings (SSSR count). The quantitative estimate of drug-likeness (QED) is 0.609. The summed E-state index contributed by atoms with van der Waals surface area (Å²) >= 11 is 0. The lowest BCUT2D eigenvalue weighted by atomic mass is 9.81. The third-order valence-corrected chi connectivity index (χ3v) is 5.62. The highest BCUT2D eigenvalue weighted by atomic mass is 16.5. The van der Waals surface area contributed by atoms with Crippen LogP contribution in [0.2, 0.25) is 0 Å². The first-order valence-electron chi connectivity index (χ1n) is 10.3. The molecule has 1 N–H and O–H groups in total. The summed E-state index contributed by atoms with van der Waals surface area (Å²) in [6.07, 6.45) is 8.36. The van der Waals surface area contributed by atoms with E-state index in [0.29, 0.717) is 0 Å². The van der Waals surface area contributed by atoms with Gasteiger partial charge in [0.2, 0.25) is 0 Å². The van der Waals surface area contributed by atoms with Gasteiger partial charge in [0.25, 0.3) is 0 Å². The maximum absolute atomic E-state index is 5.13.